The van der Waals surface area contributed by atoms with Crippen LogP contribution in [0.5, 0.6) is 0 Å². The normalized spacial score (nSPS) is 24.1. The maximum Gasteiger partial charge on any atom is 0.229 e. The van der Waals surface area contributed by atoms with Crippen molar-refractivity contribution < 1.29 is 23.6 Å². The summed E-state index contributed by atoms with van der Waals surface area (Å²) in [5, 5.41) is 16.9. The quantitative estimate of drug-likeness (QED) is 0.397. The van der Waals surface area contributed by atoms with Crippen LogP contribution >= 0.6 is 0 Å². The first-order valence-electron chi connectivity index (χ1n) is 10.3. The second kappa shape index (κ2) is 9.25. The Balaban J connectivity index is 1.43. The summed E-state index contributed by atoms with van der Waals surface area (Å²) in [5.41, 5.74) is 1.61. The van der Waals surface area contributed by atoms with Gasteiger partial charge in [-0.1, -0.05) is 0 Å². The van der Waals surface area contributed by atoms with Crippen LogP contribution < -0.4 is 31.9 Å². The van der Waals surface area contributed by atoms with E-state index in [9.17, 15) is 23.6 Å². The average molecular weight is 454 g/mol. The predicted octanol–water partition coefficient (Wildman–Crippen LogP) is 0.916. The molecule has 0 aliphatic carbocycles. The van der Waals surface area contributed by atoms with Gasteiger partial charge in [0, 0.05) is 30.4 Å². The Labute approximate surface area is 188 Å². The van der Waals surface area contributed by atoms with E-state index in [0.717, 1.165) is 0 Å². The van der Waals surface area contributed by atoms with Crippen LogP contribution in [0.3, 0.4) is 0 Å². The van der Waals surface area contributed by atoms with E-state index in [0.29, 0.717) is 17.1 Å². The van der Waals surface area contributed by atoms with Crippen molar-refractivity contribution in [2.75, 3.05) is 16.0 Å². The highest BCUT2D eigenvalue weighted by Gasteiger charge is 2.48. The number of fused-ring (bicyclic) bond motifs is 1. The third-order valence-electron chi connectivity index (χ3n) is 5.41. The molecular formula is C22H23FN6O4. The van der Waals surface area contributed by atoms with Crippen LogP contribution in [0.25, 0.3) is 0 Å². The van der Waals surface area contributed by atoms with Crippen molar-refractivity contribution in [2.45, 2.75) is 25.8 Å². The highest BCUT2D eigenvalue weighted by Crippen LogP contribution is 2.28. The van der Waals surface area contributed by atoms with Crippen LogP contribution in [-0.4, -0.2) is 36.1 Å². The van der Waals surface area contributed by atoms with Crippen molar-refractivity contribution in [1.29, 1.82) is 0 Å². The Hall–Kier alpha value is -3.99. The number of carbonyl (C=O) groups is 4. The van der Waals surface area contributed by atoms with Gasteiger partial charge in [0.2, 0.25) is 23.6 Å². The molecule has 4 rings (SSSR count). The monoisotopic (exact) mass is 454 g/mol. The fourth-order valence-corrected chi connectivity index (χ4v) is 3.94. The second-order valence-electron chi connectivity index (χ2n) is 7.89. The molecule has 4 atom stereocenters. The minimum atomic E-state index is -0.891. The summed E-state index contributed by atoms with van der Waals surface area (Å²) in [6, 6.07) is 12.1. The maximum atomic E-state index is 13.1. The molecule has 2 saturated heterocycles. The molecule has 0 saturated carbocycles. The molecule has 0 radical (unpaired) electrons. The van der Waals surface area contributed by atoms with Crippen molar-refractivity contribution in [1.82, 2.24) is 16.0 Å². The van der Waals surface area contributed by atoms with Crippen molar-refractivity contribution >= 4 is 40.7 Å². The molecule has 2 aromatic rings. The van der Waals surface area contributed by atoms with E-state index in [1.54, 1.807) is 24.3 Å². The zero-order valence-electron chi connectivity index (χ0n) is 17.6. The lowest BCUT2D eigenvalue weighted by atomic mass is 9.81. The Morgan fingerprint density at radius 1 is 0.909 bits per heavy atom. The molecule has 0 spiro atoms. The Bertz CT molecular complexity index is 1080. The van der Waals surface area contributed by atoms with E-state index >= 15 is 0 Å². The zero-order chi connectivity index (χ0) is 23.5. The molecule has 6 N–H and O–H groups in total. The topological polar surface area (TPSA) is 140 Å². The second-order valence-corrected chi connectivity index (χ2v) is 7.89. The molecule has 2 aliphatic heterocycles. The molecule has 2 aromatic carbocycles. The standard InChI is InChI=1S/C22H23FN6O4/c1-11(30)24-13-6-8-14(9-7-13)25-20(32)16-10-17(31)27-19-18(16)21(33)29-22(28-19)26-15-4-2-12(23)3-5-15/h2-9,16,18-19,22,26,28H,10H2,1H3,(H,24,30)(H,25,32)(H,27,31)(H,29,33). The lowest BCUT2D eigenvalue weighted by Gasteiger charge is -2.43. The number of hydrogen-bond donors (Lipinski definition) is 6. The van der Waals surface area contributed by atoms with E-state index in [-0.39, 0.29) is 24.1 Å². The van der Waals surface area contributed by atoms with Gasteiger partial charge in [0.05, 0.1) is 18.0 Å². The summed E-state index contributed by atoms with van der Waals surface area (Å²) >= 11 is 0. The Kier molecular flexibility index (Phi) is 6.22. The molecule has 11 heteroatoms. The number of carbonyl (C=O) groups excluding carboxylic acids is 4. The van der Waals surface area contributed by atoms with Crippen LogP contribution in [0.4, 0.5) is 21.5 Å². The van der Waals surface area contributed by atoms with Crippen molar-refractivity contribution in [3.63, 3.8) is 0 Å². The first-order valence-corrected chi connectivity index (χ1v) is 10.3. The lowest BCUT2D eigenvalue weighted by Crippen LogP contribution is -2.72. The number of piperidine rings is 1. The molecule has 2 heterocycles. The number of nitrogens with one attached hydrogen (secondary N) is 6. The number of anilines is 3. The van der Waals surface area contributed by atoms with Crippen LogP contribution in [-0.2, 0) is 19.2 Å². The highest BCUT2D eigenvalue weighted by atomic mass is 19.1. The van der Waals surface area contributed by atoms with Crippen molar-refractivity contribution in [3.05, 3.63) is 54.3 Å². The average Bonchev–Trinajstić information content (AvgIpc) is 2.75. The Morgan fingerprint density at radius 2 is 1.52 bits per heavy atom. The number of rotatable bonds is 5. The van der Waals surface area contributed by atoms with Gasteiger partial charge in [-0.3, -0.25) is 24.5 Å². The number of hydrogen-bond acceptors (Lipinski definition) is 6. The smallest absolute Gasteiger partial charge is 0.229 e. The van der Waals surface area contributed by atoms with Crippen molar-refractivity contribution in [2.24, 2.45) is 11.8 Å². The molecule has 172 valence electrons. The van der Waals surface area contributed by atoms with Gasteiger partial charge in [-0.05, 0) is 48.5 Å². The van der Waals surface area contributed by atoms with Gasteiger partial charge < -0.3 is 26.6 Å². The summed E-state index contributed by atoms with van der Waals surface area (Å²) < 4.78 is 13.1. The van der Waals surface area contributed by atoms with Gasteiger partial charge in [0.1, 0.15) is 5.82 Å². The number of benzene rings is 2. The van der Waals surface area contributed by atoms with E-state index < -0.39 is 36.1 Å². The molecule has 2 aliphatic rings. The number of amides is 4. The maximum absolute atomic E-state index is 13.1. The van der Waals surface area contributed by atoms with Gasteiger partial charge in [-0.2, -0.15) is 0 Å². The van der Waals surface area contributed by atoms with E-state index in [4.69, 9.17) is 0 Å². The van der Waals surface area contributed by atoms with Crippen LogP contribution in [0.15, 0.2) is 48.5 Å². The minimum Gasteiger partial charge on any atom is -0.353 e. The van der Waals surface area contributed by atoms with Gasteiger partial charge in [-0.15, -0.1) is 0 Å². The predicted molar refractivity (Wildman–Crippen MR) is 118 cm³/mol. The summed E-state index contributed by atoms with van der Waals surface area (Å²) in [4.78, 5) is 49.3. The molecule has 4 unspecified atom stereocenters. The minimum absolute atomic E-state index is 0.137. The van der Waals surface area contributed by atoms with Crippen LogP contribution in [0, 0.1) is 17.7 Å². The summed E-state index contributed by atoms with van der Waals surface area (Å²) in [7, 11) is 0. The van der Waals surface area contributed by atoms with Gasteiger partial charge in [-0.25, -0.2) is 4.39 Å². The molecule has 33 heavy (non-hydrogen) atoms. The summed E-state index contributed by atoms with van der Waals surface area (Å²) in [6.45, 7) is 1.39. The van der Waals surface area contributed by atoms with Crippen LogP contribution in [0.1, 0.15) is 13.3 Å². The van der Waals surface area contributed by atoms with E-state index in [1.165, 1.54) is 31.2 Å². The van der Waals surface area contributed by atoms with Crippen LogP contribution in [0.2, 0.25) is 0 Å². The summed E-state index contributed by atoms with van der Waals surface area (Å²) in [6.07, 6.45) is -1.63. The zero-order valence-corrected chi connectivity index (χ0v) is 17.6. The molecule has 10 nitrogen and oxygen atoms in total. The first-order chi connectivity index (χ1) is 15.8. The molecular weight excluding hydrogens is 431 g/mol. The fraction of sp³-hybridized carbons (Fsp3) is 0.273. The van der Waals surface area contributed by atoms with Gasteiger partial charge in [0.25, 0.3) is 0 Å². The fourth-order valence-electron chi connectivity index (χ4n) is 3.94. The van der Waals surface area contributed by atoms with E-state index in [1.807, 2.05) is 0 Å². The van der Waals surface area contributed by atoms with Crippen molar-refractivity contribution in [3.8, 4) is 0 Å². The molecule has 2 fully saturated rings. The third-order valence-corrected chi connectivity index (χ3v) is 5.41. The highest BCUT2D eigenvalue weighted by molar-refractivity contribution is 6.00. The lowest BCUT2D eigenvalue weighted by molar-refractivity contribution is -0.144. The number of halogens is 1. The first kappa shape index (κ1) is 22.2. The largest absolute Gasteiger partial charge is 0.353 e. The third kappa shape index (κ3) is 5.26. The molecule has 4 amide bonds. The van der Waals surface area contributed by atoms with Gasteiger partial charge in [0.15, 0.2) is 6.29 Å². The Morgan fingerprint density at radius 3 is 2.15 bits per heavy atom. The molecule has 0 aromatic heterocycles. The van der Waals surface area contributed by atoms with E-state index in [2.05, 4.69) is 31.9 Å². The summed E-state index contributed by atoms with van der Waals surface area (Å²) in [5.74, 6) is -3.55. The molecule has 0 bridgehead atoms. The SMILES string of the molecule is CC(=O)Nc1ccc(NC(=O)C2CC(=O)NC3NC(Nc4ccc(F)cc4)NC(=O)C32)cc1. The van der Waals surface area contributed by atoms with Gasteiger partial charge >= 0.3 is 0 Å².